The molecule has 0 radical (unpaired) electrons. The van der Waals surface area contributed by atoms with Crippen molar-refractivity contribution >= 4 is 17.5 Å². The van der Waals surface area contributed by atoms with Gasteiger partial charge in [0.1, 0.15) is 12.1 Å². The highest BCUT2D eigenvalue weighted by Crippen LogP contribution is 2.28. The van der Waals surface area contributed by atoms with Gasteiger partial charge in [-0.1, -0.05) is 6.07 Å². The van der Waals surface area contributed by atoms with Crippen LogP contribution in [-0.4, -0.2) is 45.4 Å². The molecule has 116 valence electrons. The summed E-state index contributed by atoms with van der Waals surface area (Å²) in [5, 5.41) is 23.0. The predicted molar refractivity (Wildman–Crippen MR) is 75.1 cm³/mol. The Kier molecular flexibility index (Phi) is 3.44. The summed E-state index contributed by atoms with van der Waals surface area (Å²) in [6.45, 7) is 0.573. The minimum Gasteiger partial charge on any atom is -0.502 e. The van der Waals surface area contributed by atoms with Crippen LogP contribution >= 0.6 is 0 Å². The van der Waals surface area contributed by atoms with Crippen LogP contribution in [0.25, 0.3) is 0 Å². The van der Waals surface area contributed by atoms with E-state index in [1.54, 1.807) is 4.90 Å². The maximum Gasteiger partial charge on any atom is 0.310 e. The average Bonchev–Trinajstić information content (AvgIpc) is 2.96. The topological polar surface area (TPSA) is 113 Å². The van der Waals surface area contributed by atoms with Gasteiger partial charge in [-0.05, 0) is 24.5 Å². The highest BCUT2D eigenvalue weighted by atomic mass is 16.6. The number of rotatable bonds is 3. The third-order valence-electron chi connectivity index (χ3n) is 4.13. The second kappa shape index (κ2) is 5.28. The molecule has 0 aliphatic carbocycles. The van der Waals surface area contributed by atoms with Crippen molar-refractivity contribution < 1.29 is 19.6 Å². The number of amides is 2. The van der Waals surface area contributed by atoms with Crippen molar-refractivity contribution in [2.75, 3.05) is 6.54 Å². The van der Waals surface area contributed by atoms with Crippen molar-refractivity contribution in [3.8, 4) is 5.75 Å². The molecular formula is C14H15N3O5. The van der Waals surface area contributed by atoms with E-state index in [-0.39, 0.29) is 24.3 Å². The van der Waals surface area contributed by atoms with E-state index in [2.05, 4.69) is 5.32 Å². The molecule has 8 nitrogen and oxygen atoms in total. The molecule has 2 aliphatic rings. The molecule has 2 fully saturated rings. The molecule has 2 atom stereocenters. The number of aromatic hydroxyl groups is 1. The largest absolute Gasteiger partial charge is 0.502 e. The molecule has 2 heterocycles. The van der Waals surface area contributed by atoms with E-state index in [4.69, 9.17) is 0 Å². The van der Waals surface area contributed by atoms with Gasteiger partial charge in [0.05, 0.1) is 4.92 Å². The first kappa shape index (κ1) is 14.3. The van der Waals surface area contributed by atoms with Crippen LogP contribution in [0.4, 0.5) is 5.69 Å². The van der Waals surface area contributed by atoms with Crippen molar-refractivity contribution in [3.63, 3.8) is 0 Å². The number of carbonyl (C=O) groups is 2. The van der Waals surface area contributed by atoms with Crippen molar-refractivity contribution in [1.29, 1.82) is 0 Å². The average molecular weight is 305 g/mol. The number of phenols is 1. The van der Waals surface area contributed by atoms with E-state index in [0.717, 1.165) is 6.42 Å². The van der Waals surface area contributed by atoms with Crippen LogP contribution in [0, 0.1) is 10.1 Å². The number of phenolic OH excluding ortho intramolecular Hbond substituents is 1. The van der Waals surface area contributed by atoms with Gasteiger partial charge in [0.25, 0.3) is 0 Å². The lowest BCUT2D eigenvalue weighted by molar-refractivity contribution is -0.385. The Morgan fingerprint density at radius 1 is 1.41 bits per heavy atom. The van der Waals surface area contributed by atoms with Gasteiger partial charge in [-0.25, -0.2) is 0 Å². The zero-order chi connectivity index (χ0) is 15.9. The summed E-state index contributed by atoms with van der Waals surface area (Å²) in [5.41, 5.74) is 0.104. The number of benzene rings is 1. The molecule has 2 aliphatic heterocycles. The molecule has 8 heteroatoms. The molecule has 0 bridgehead atoms. The minimum atomic E-state index is -0.717. The summed E-state index contributed by atoms with van der Waals surface area (Å²) in [4.78, 5) is 36.1. The highest BCUT2D eigenvalue weighted by molar-refractivity contribution is 5.97. The Morgan fingerprint density at radius 3 is 2.91 bits per heavy atom. The number of piperazine rings is 1. The van der Waals surface area contributed by atoms with Crippen LogP contribution in [0.3, 0.4) is 0 Å². The number of nitrogens with one attached hydrogen (secondary N) is 1. The molecule has 2 N–H and O–H groups in total. The number of carbonyl (C=O) groups excluding carboxylic acids is 2. The fourth-order valence-electron chi connectivity index (χ4n) is 3.05. The van der Waals surface area contributed by atoms with E-state index in [1.807, 2.05) is 0 Å². The Labute approximate surface area is 125 Å². The van der Waals surface area contributed by atoms with Crippen molar-refractivity contribution in [2.24, 2.45) is 0 Å². The summed E-state index contributed by atoms with van der Waals surface area (Å²) >= 11 is 0. The van der Waals surface area contributed by atoms with Gasteiger partial charge in [0.15, 0.2) is 5.75 Å². The first-order chi connectivity index (χ1) is 10.5. The normalized spacial score (nSPS) is 24.1. The van der Waals surface area contributed by atoms with Gasteiger partial charge in [0, 0.05) is 19.0 Å². The predicted octanol–water partition coefficient (Wildman–Crippen LogP) is 0.332. The second-order valence-corrected chi connectivity index (χ2v) is 5.54. The smallest absolute Gasteiger partial charge is 0.310 e. The molecule has 0 spiro atoms. The van der Waals surface area contributed by atoms with Crippen LogP contribution in [0.15, 0.2) is 18.2 Å². The maximum atomic E-state index is 12.4. The monoisotopic (exact) mass is 305 g/mol. The van der Waals surface area contributed by atoms with Gasteiger partial charge >= 0.3 is 5.69 Å². The fourth-order valence-corrected chi connectivity index (χ4v) is 3.05. The molecular weight excluding hydrogens is 290 g/mol. The zero-order valence-corrected chi connectivity index (χ0v) is 11.7. The number of hydrogen-bond donors (Lipinski definition) is 2. The fraction of sp³-hybridized carbons (Fsp3) is 0.429. The molecule has 3 rings (SSSR count). The van der Waals surface area contributed by atoms with Gasteiger partial charge in [-0.2, -0.15) is 0 Å². The summed E-state index contributed by atoms with van der Waals surface area (Å²) in [6.07, 6.45) is 1.64. The Balaban J connectivity index is 1.81. The third-order valence-corrected chi connectivity index (χ3v) is 4.13. The first-order valence-electron chi connectivity index (χ1n) is 7.04. The number of nitro benzene ring substituents is 1. The molecule has 0 aromatic heterocycles. The minimum absolute atomic E-state index is 0.155. The summed E-state index contributed by atoms with van der Waals surface area (Å²) < 4.78 is 0. The van der Waals surface area contributed by atoms with E-state index >= 15 is 0 Å². The molecule has 1 aromatic rings. The molecule has 1 aromatic carbocycles. The zero-order valence-electron chi connectivity index (χ0n) is 11.7. The molecule has 2 amide bonds. The van der Waals surface area contributed by atoms with Crippen LogP contribution in [-0.2, 0) is 16.0 Å². The summed E-state index contributed by atoms with van der Waals surface area (Å²) in [6, 6.07) is 2.87. The van der Waals surface area contributed by atoms with Gasteiger partial charge in [-0.15, -0.1) is 0 Å². The SMILES string of the molecule is O=C1N[C@@H](Cc2ccc(O)c([N+](=O)[O-])c2)C(=O)N2CCC[C@@H]12. The molecule has 22 heavy (non-hydrogen) atoms. The van der Waals surface area contributed by atoms with Crippen LogP contribution in [0.2, 0.25) is 0 Å². The molecule has 0 saturated carbocycles. The van der Waals surface area contributed by atoms with Crippen LogP contribution in [0.5, 0.6) is 5.75 Å². The van der Waals surface area contributed by atoms with E-state index < -0.39 is 22.4 Å². The number of nitro groups is 1. The van der Waals surface area contributed by atoms with Gasteiger partial charge in [0.2, 0.25) is 11.8 Å². The highest BCUT2D eigenvalue weighted by Gasteiger charge is 2.42. The third kappa shape index (κ3) is 2.36. The van der Waals surface area contributed by atoms with E-state index in [0.29, 0.717) is 18.5 Å². The lowest BCUT2D eigenvalue weighted by atomic mass is 10.0. The lowest BCUT2D eigenvalue weighted by Crippen LogP contribution is -2.61. The van der Waals surface area contributed by atoms with E-state index in [9.17, 15) is 24.8 Å². The Bertz CT molecular complexity index is 660. The summed E-state index contributed by atoms with van der Waals surface area (Å²) in [5.74, 6) is -0.749. The Morgan fingerprint density at radius 2 is 2.18 bits per heavy atom. The van der Waals surface area contributed by atoms with Crippen molar-refractivity contribution in [2.45, 2.75) is 31.3 Å². The summed E-state index contributed by atoms with van der Waals surface area (Å²) in [7, 11) is 0. The van der Waals surface area contributed by atoms with Gasteiger partial charge in [-0.3, -0.25) is 19.7 Å². The van der Waals surface area contributed by atoms with Gasteiger partial charge < -0.3 is 15.3 Å². The molecule has 0 unspecified atom stereocenters. The van der Waals surface area contributed by atoms with Crippen LogP contribution in [0.1, 0.15) is 18.4 Å². The lowest BCUT2D eigenvalue weighted by Gasteiger charge is -2.34. The number of hydrogen-bond acceptors (Lipinski definition) is 5. The number of nitrogens with zero attached hydrogens (tertiary/aromatic N) is 2. The van der Waals surface area contributed by atoms with Crippen molar-refractivity contribution in [1.82, 2.24) is 10.2 Å². The first-order valence-corrected chi connectivity index (χ1v) is 7.04. The number of fused-ring (bicyclic) bond motifs is 1. The standard InChI is InChI=1S/C14H15N3O5/c18-12-4-3-8(7-11(12)17(21)22)6-9-14(20)16-5-1-2-10(16)13(19)15-9/h3-4,7,9-10,18H,1-2,5-6H2,(H,15,19)/t9-,10-/m0/s1. The quantitative estimate of drug-likeness (QED) is 0.617. The van der Waals surface area contributed by atoms with Crippen molar-refractivity contribution in [3.05, 3.63) is 33.9 Å². The van der Waals surface area contributed by atoms with Crippen LogP contribution < -0.4 is 5.32 Å². The maximum absolute atomic E-state index is 12.4. The van der Waals surface area contributed by atoms with E-state index in [1.165, 1.54) is 18.2 Å². The second-order valence-electron chi connectivity index (χ2n) is 5.54. The Hall–Kier alpha value is -2.64. The molecule has 2 saturated heterocycles.